The van der Waals surface area contributed by atoms with Crippen LogP contribution < -0.4 is 0 Å². The van der Waals surface area contributed by atoms with Gasteiger partial charge < -0.3 is 9.47 Å². The van der Waals surface area contributed by atoms with Crippen LogP contribution in [0.15, 0.2) is 79.0 Å². The van der Waals surface area contributed by atoms with E-state index in [0.29, 0.717) is 16.6 Å². The molecule has 0 spiro atoms. The molecule has 0 aliphatic carbocycles. The molecule has 1 amide bonds. The predicted octanol–water partition coefficient (Wildman–Crippen LogP) is 5.63. The monoisotopic (exact) mass is 458 g/mol. The van der Waals surface area contributed by atoms with E-state index in [9.17, 15) is 4.79 Å². The first kappa shape index (κ1) is 21.5. The van der Waals surface area contributed by atoms with Crippen LogP contribution in [0.2, 0.25) is 5.02 Å². The third-order valence-corrected chi connectivity index (χ3v) is 6.69. The lowest BCUT2D eigenvalue weighted by atomic mass is 9.90. The highest BCUT2D eigenvalue weighted by atomic mass is 35.5. The van der Waals surface area contributed by atoms with Crippen molar-refractivity contribution in [1.29, 1.82) is 0 Å². The molecule has 33 heavy (non-hydrogen) atoms. The van der Waals surface area contributed by atoms with Gasteiger partial charge in [0, 0.05) is 31.4 Å². The summed E-state index contributed by atoms with van der Waals surface area (Å²) in [4.78, 5) is 15.6. The Bertz CT molecular complexity index is 1250. The van der Waals surface area contributed by atoms with E-state index in [2.05, 4.69) is 30.3 Å². The summed E-state index contributed by atoms with van der Waals surface area (Å²) in [6, 6.07) is 24.0. The van der Waals surface area contributed by atoms with Crippen molar-refractivity contribution in [2.45, 2.75) is 19.3 Å². The van der Waals surface area contributed by atoms with Gasteiger partial charge in [0.25, 0.3) is 5.91 Å². The van der Waals surface area contributed by atoms with Gasteiger partial charge in [-0.3, -0.25) is 4.79 Å². The molecule has 2 aromatic heterocycles. The summed E-state index contributed by atoms with van der Waals surface area (Å²) in [5.74, 6) is 0.620. The molecule has 5 nitrogen and oxygen atoms in total. The average molecular weight is 459 g/mol. The highest BCUT2D eigenvalue weighted by Gasteiger charge is 2.27. The van der Waals surface area contributed by atoms with E-state index in [4.69, 9.17) is 16.7 Å². The molecule has 1 fully saturated rings. The van der Waals surface area contributed by atoms with E-state index in [1.54, 1.807) is 4.68 Å². The van der Waals surface area contributed by atoms with Gasteiger partial charge in [-0.05, 0) is 67.1 Å². The summed E-state index contributed by atoms with van der Waals surface area (Å²) in [5, 5.41) is 5.42. The number of likely N-dealkylation sites (tertiary alicyclic amines) is 1. The van der Waals surface area contributed by atoms with Crippen LogP contribution in [0.5, 0.6) is 0 Å². The Morgan fingerprint density at radius 2 is 1.79 bits per heavy atom. The van der Waals surface area contributed by atoms with Gasteiger partial charge in [-0.1, -0.05) is 48.0 Å². The molecule has 3 heterocycles. The number of amides is 1. The second-order valence-electron chi connectivity index (χ2n) is 8.74. The highest BCUT2D eigenvalue weighted by molar-refractivity contribution is 6.30. The van der Waals surface area contributed by atoms with Crippen molar-refractivity contribution < 1.29 is 4.79 Å². The number of rotatable bonds is 5. The maximum Gasteiger partial charge on any atom is 0.272 e. The van der Waals surface area contributed by atoms with Crippen molar-refractivity contribution in [3.8, 4) is 17.1 Å². The summed E-state index contributed by atoms with van der Waals surface area (Å²) in [6.07, 6.45) is 5.07. The molecule has 1 aliphatic rings. The summed E-state index contributed by atoms with van der Waals surface area (Å²) >= 11 is 6.25. The van der Waals surface area contributed by atoms with Crippen LogP contribution in [0.4, 0.5) is 0 Å². The summed E-state index contributed by atoms with van der Waals surface area (Å²) in [7, 11) is 1.98. The molecule has 0 radical (unpaired) electrons. The number of carbonyl (C=O) groups is 1. The standard InChI is InChI=1S/C27H27ClN4O/c1-30-14-6-11-25(30)24-19-26(32(29-24)23-10-5-9-22(28)18-23)27(33)31-15-12-21(13-16-31)17-20-7-3-2-4-8-20/h2-11,14,18-19,21H,12-13,15-17H2,1H3. The Labute approximate surface area is 199 Å². The first-order valence-electron chi connectivity index (χ1n) is 11.4. The fourth-order valence-electron chi connectivity index (χ4n) is 4.64. The Balaban J connectivity index is 1.39. The van der Waals surface area contributed by atoms with Crippen molar-refractivity contribution in [3.05, 3.63) is 95.3 Å². The van der Waals surface area contributed by atoms with Crippen molar-refractivity contribution in [3.63, 3.8) is 0 Å². The van der Waals surface area contributed by atoms with Crippen molar-refractivity contribution >= 4 is 17.5 Å². The molecule has 6 heteroatoms. The fourth-order valence-corrected chi connectivity index (χ4v) is 4.82. The fraction of sp³-hybridized carbons (Fsp3) is 0.259. The van der Waals surface area contributed by atoms with Crippen LogP contribution in [0.1, 0.15) is 28.9 Å². The summed E-state index contributed by atoms with van der Waals surface area (Å²) < 4.78 is 3.74. The molecule has 0 unspecified atom stereocenters. The zero-order valence-electron chi connectivity index (χ0n) is 18.7. The minimum Gasteiger partial charge on any atom is -0.349 e. The predicted molar refractivity (Wildman–Crippen MR) is 132 cm³/mol. The van der Waals surface area contributed by atoms with Crippen LogP contribution >= 0.6 is 11.6 Å². The number of nitrogens with zero attached hydrogens (tertiary/aromatic N) is 4. The number of hydrogen-bond acceptors (Lipinski definition) is 2. The van der Waals surface area contributed by atoms with Gasteiger partial charge in [0.2, 0.25) is 0 Å². The first-order chi connectivity index (χ1) is 16.1. The number of aryl methyl sites for hydroxylation is 1. The van der Waals surface area contributed by atoms with Gasteiger partial charge in [0.1, 0.15) is 11.4 Å². The molecule has 168 valence electrons. The minimum atomic E-state index is 0.0149. The van der Waals surface area contributed by atoms with E-state index < -0.39 is 0 Å². The third-order valence-electron chi connectivity index (χ3n) is 6.46. The van der Waals surface area contributed by atoms with Gasteiger partial charge in [0.15, 0.2) is 0 Å². The number of benzene rings is 2. The van der Waals surface area contributed by atoms with Crippen LogP contribution in [0, 0.1) is 5.92 Å². The smallest absolute Gasteiger partial charge is 0.272 e. The largest absolute Gasteiger partial charge is 0.349 e. The summed E-state index contributed by atoms with van der Waals surface area (Å²) in [5.41, 5.74) is 4.45. The SMILES string of the molecule is Cn1cccc1-c1cc(C(=O)N2CCC(Cc3ccccc3)CC2)n(-c2cccc(Cl)c2)n1. The summed E-state index contributed by atoms with van der Waals surface area (Å²) in [6.45, 7) is 1.52. The molecule has 4 aromatic rings. The number of halogens is 1. The quantitative estimate of drug-likeness (QED) is 0.389. The van der Waals surface area contributed by atoms with Crippen molar-refractivity contribution in [2.24, 2.45) is 13.0 Å². The molecular weight excluding hydrogens is 432 g/mol. The van der Waals surface area contributed by atoms with Crippen LogP contribution in [0.3, 0.4) is 0 Å². The Morgan fingerprint density at radius 3 is 2.48 bits per heavy atom. The zero-order chi connectivity index (χ0) is 22.8. The highest BCUT2D eigenvalue weighted by Crippen LogP contribution is 2.27. The lowest BCUT2D eigenvalue weighted by Crippen LogP contribution is -2.39. The second kappa shape index (κ2) is 9.28. The Kier molecular flexibility index (Phi) is 6.05. The van der Waals surface area contributed by atoms with Crippen LogP contribution in [0.25, 0.3) is 17.1 Å². The van der Waals surface area contributed by atoms with Gasteiger partial charge in [-0.25, -0.2) is 4.68 Å². The van der Waals surface area contributed by atoms with E-state index in [-0.39, 0.29) is 5.91 Å². The van der Waals surface area contributed by atoms with Crippen LogP contribution in [-0.2, 0) is 13.5 Å². The lowest BCUT2D eigenvalue weighted by molar-refractivity contribution is 0.0681. The molecule has 1 aliphatic heterocycles. The first-order valence-corrected chi connectivity index (χ1v) is 11.8. The number of aromatic nitrogens is 3. The van der Waals surface area contributed by atoms with E-state index in [0.717, 1.165) is 49.4 Å². The Morgan fingerprint density at radius 1 is 1.00 bits per heavy atom. The third kappa shape index (κ3) is 4.60. The average Bonchev–Trinajstić information content (AvgIpc) is 3.46. The van der Waals surface area contributed by atoms with Gasteiger partial charge in [0.05, 0.1) is 11.4 Å². The molecular formula is C27H27ClN4O. The van der Waals surface area contributed by atoms with E-state index in [1.807, 2.05) is 65.2 Å². The lowest BCUT2D eigenvalue weighted by Gasteiger charge is -2.32. The van der Waals surface area contributed by atoms with Gasteiger partial charge in [-0.15, -0.1) is 0 Å². The molecule has 2 aromatic carbocycles. The number of hydrogen-bond donors (Lipinski definition) is 0. The zero-order valence-corrected chi connectivity index (χ0v) is 19.4. The van der Waals surface area contributed by atoms with E-state index >= 15 is 0 Å². The minimum absolute atomic E-state index is 0.0149. The molecule has 0 atom stereocenters. The molecule has 0 N–H and O–H groups in total. The Hall–Kier alpha value is -3.31. The topological polar surface area (TPSA) is 43.1 Å². The molecule has 5 rings (SSSR count). The second-order valence-corrected chi connectivity index (χ2v) is 9.17. The molecule has 0 bridgehead atoms. The number of piperidine rings is 1. The van der Waals surface area contributed by atoms with E-state index in [1.165, 1.54) is 5.56 Å². The van der Waals surface area contributed by atoms with Gasteiger partial charge >= 0.3 is 0 Å². The van der Waals surface area contributed by atoms with Crippen molar-refractivity contribution in [2.75, 3.05) is 13.1 Å². The normalized spacial score (nSPS) is 14.5. The maximum absolute atomic E-state index is 13.6. The number of carbonyl (C=O) groups excluding carboxylic acids is 1. The molecule has 1 saturated heterocycles. The maximum atomic E-state index is 13.6. The van der Waals surface area contributed by atoms with Gasteiger partial charge in [-0.2, -0.15) is 5.10 Å². The van der Waals surface area contributed by atoms with Crippen LogP contribution in [-0.4, -0.2) is 38.2 Å². The molecule has 0 saturated carbocycles. The van der Waals surface area contributed by atoms with Crippen molar-refractivity contribution in [1.82, 2.24) is 19.2 Å².